The zero-order chi connectivity index (χ0) is 24.8. The summed E-state index contributed by atoms with van der Waals surface area (Å²) in [5.74, 6) is -0.393. The van der Waals surface area contributed by atoms with Gasteiger partial charge < -0.3 is 15.0 Å². The van der Waals surface area contributed by atoms with Gasteiger partial charge in [0.05, 0.1) is 18.2 Å². The Kier molecular flexibility index (Phi) is 8.74. The molecule has 0 aliphatic carbocycles. The van der Waals surface area contributed by atoms with Gasteiger partial charge in [0, 0.05) is 55.9 Å². The molecule has 1 N–H and O–H groups in total. The third kappa shape index (κ3) is 5.80. The van der Waals surface area contributed by atoms with Crippen molar-refractivity contribution in [2.24, 2.45) is 5.92 Å². The summed E-state index contributed by atoms with van der Waals surface area (Å²) in [6.07, 6.45) is 1.63. The first kappa shape index (κ1) is 25.8. The van der Waals surface area contributed by atoms with Crippen LogP contribution in [-0.4, -0.2) is 78.5 Å². The third-order valence-electron chi connectivity index (χ3n) is 5.98. The van der Waals surface area contributed by atoms with E-state index < -0.39 is 12.0 Å². The second-order valence-electron chi connectivity index (χ2n) is 8.67. The maximum atomic E-state index is 13.2. The van der Waals surface area contributed by atoms with Crippen molar-refractivity contribution in [3.8, 4) is 0 Å². The fraction of sp³-hybridized carbons (Fsp3) is 0.480. The van der Waals surface area contributed by atoms with Crippen LogP contribution >= 0.6 is 11.6 Å². The summed E-state index contributed by atoms with van der Waals surface area (Å²) in [4.78, 5) is 44.3. The molecule has 2 aliphatic heterocycles. The minimum Gasteiger partial charge on any atom is -0.463 e. The molecule has 9 heteroatoms. The summed E-state index contributed by atoms with van der Waals surface area (Å²) in [6, 6.07) is 6.09. The second-order valence-corrected chi connectivity index (χ2v) is 9.11. The number of nitrogens with zero attached hydrogens (tertiary/aromatic N) is 3. The minimum atomic E-state index is -0.690. The van der Waals surface area contributed by atoms with Crippen LogP contribution in [0, 0.1) is 5.92 Å². The molecular weight excluding hydrogens is 456 g/mol. The van der Waals surface area contributed by atoms with E-state index in [9.17, 15) is 14.4 Å². The standard InChI is InChI=1S/C25H33ClN4O4/c1-5-10-30-20(16-28-11-13-29(14-12-28)23(31)17(3)4)21(24(32)34-6-2)22(27-25(30)33)18-8-7-9-19(26)15-18/h5,7-9,15,17,22H,1,6,10-14,16H2,2-4H3,(H,27,33). The Labute approximate surface area is 206 Å². The number of rotatable bonds is 8. The zero-order valence-corrected chi connectivity index (χ0v) is 20.8. The van der Waals surface area contributed by atoms with Gasteiger partial charge in [0.2, 0.25) is 5.91 Å². The fourth-order valence-electron chi connectivity index (χ4n) is 4.28. The number of carbonyl (C=O) groups is 3. The van der Waals surface area contributed by atoms with Gasteiger partial charge in [0.1, 0.15) is 0 Å². The maximum absolute atomic E-state index is 13.2. The van der Waals surface area contributed by atoms with Crippen LogP contribution in [0.25, 0.3) is 0 Å². The number of halogens is 1. The van der Waals surface area contributed by atoms with Crippen molar-refractivity contribution in [2.45, 2.75) is 26.8 Å². The molecule has 34 heavy (non-hydrogen) atoms. The van der Waals surface area contributed by atoms with Crippen LogP contribution in [0.1, 0.15) is 32.4 Å². The molecule has 0 saturated carbocycles. The molecule has 8 nitrogen and oxygen atoms in total. The monoisotopic (exact) mass is 488 g/mol. The van der Waals surface area contributed by atoms with Crippen molar-refractivity contribution in [3.05, 3.63) is 58.8 Å². The molecule has 0 radical (unpaired) electrons. The average molecular weight is 489 g/mol. The van der Waals surface area contributed by atoms with E-state index in [-0.39, 0.29) is 31.0 Å². The van der Waals surface area contributed by atoms with Gasteiger partial charge in [-0.05, 0) is 24.6 Å². The van der Waals surface area contributed by atoms with E-state index in [1.165, 1.54) is 4.90 Å². The van der Waals surface area contributed by atoms with Crippen molar-refractivity contribution in [1.82, 2.24) is 20.0 Å². The fourth-order valence-corrected chi connectivity index (χ4v) is 4.48. The molecule has 1 saturated heterocycles. The predicted octanol–water partition coefficient (Wildman–Crippen LogP) is 3.21. The normalized spacial score (nSPS) is 19.3. The van der Waals surface area contributed by atoms with Gasteiger partial charge in [0.15, 0.2) is 0 Å². The first-order chi connectivity index (χ1) is 16.3. The molecule has 0 spiro atoms. The molecule has 2 heterocycles. The van der Waals surface area contributed by atoms with Crippen molar-refractivity contribution in [2.75, 3.05) is 45.9 Å². The summed E-state index contributed by atoms with van der Waals surface area (Å²) in [5.41, 5.74) is 1.66. The summed E-state index contributed by atoms with van der Waals surface area (Å²) >= 11 is 6.21. The highest BCUT2D eigenvalue weighted by molar-refractivity contribution is 6.30. The molecule has 1 unspecified atom stereocenters. The maximum Gasteiger partial charge on any atom is 0.338 e. The highest BCUT2D eigenvalue weighted by atomic mass is 35.5. The summed E-state index contributed by atoms with van der Waals surface area (Å²) < 4.78 is 5.41. The van der Waals surface area contributed by atoms with Crippen molar-refractivity contribution < 1.29 is 19.1 Å². The molecule has 0 bridgehead atoms. The van der Waals surface area contributed by atoms with Crippen LogP contribution in [0.5, 0.6) is 0 Å². The van der Waals surface area contributed by atoms with Gasteiger partial charge in [0.25, 0.3) is 0 Å². The summed E-state index contributed by atoms with van der Waals surface area (Å²) in [6.45, 7) is 12.6. The Morgan fingerprint density at radius 2 is 1.97 bits per heavy atom. The second kappa shape index (κ2) is 11.5. The number of ether oxygens (including phenoxy) is 1. The quantitative estimate of drug-likeness (QED) is 0.449. The van der Waals surface area contributed by atoms with Gasteiger partial charge in [-0.1, -0.05) is 43.7 Å². The molecule has 2 aliphatic rings. The van der Waals surface area contributed by atoms with Gasteiger partial charge in [-0.2, -0.15) is 0 Å². The summed E-state index contributed by atoms with van der Waals surface area (Å²) in [7, 11) is 0. The number of urea groups is 1. The largest absolute Gasteiger partial charge is 0.463 e. The first-order valence-electron chi connectivity index (χ1n) is 11.6. The van der Waals surface area contributed by atoms with Crippen molar-refractivity contribution in [1.29, 1.82) is 0 Å². The lowest BCUT2D eigenvalue weighted by Gasteiger charge is -2.40. The van der Waals surface area contributed by atoms with E-state index in [4.69, 9.17) is 16.3 Å². The molecule has 184 valence electrons. The van der Waals surface area contributed by atoms with Crippen LogP contribution < -0.4 is 5.32 Å². The topological polar surface area (TPSA) is 82.2 Å². The number of esters is 1. The molecule has 1 aromatic rings. The van der Waals surface area contributed by atoms with Crippen LogP contribution in [-0.2, 0) is 14.3 Å². The molecule has 3 rings (SSSR count). The van der Waals surface area contributed by atoms with Crippen LogP contribution in [0.2, 0.25) is 5.02 Å². The highest BCUT2D eigenvalue weighted by Gasteiger charge is 2.39. The van der Waals surface area contributed by atoms with E-state index in [1.54, 1.807) is 31.2 Å². The number of nitrogens with one attached hydrogen (secondary N) is 1. The Morgan fingerprint density at radius 1 is 1.26 bits per heavy atom. The molecule has 1 atom stereocenters. The third-order valence-corrected chi connectivity index (χ3v) is 6.21. The van der Waals surface area contributed by atoms with Crippen LogP contribution in [0.15, 0.2) is 48.2 Å². The number of piperazine rings is 1. The number of carbonyl (C=O) groups excluding carboxylic acids is 3. The molecular formula is C25H33ClN4O4. The van der Waals surface area contributed by atoms with Gasteiger partial charge in [-0.15, -0.1) is 6.58 Å². The average Bonchev–Trinajstić information content (AvgIpc) is 2.81. The minimum absolute atomic E-state index is 0.0479. The van der Waals surface area contributed by atoms with Crippen LogP contribution in [0.4, 0.5) is 4.79 Å². The summed E-state index contributed by atoms with van der Waals surface area (Å²) in [5, 5.41) is 3.45. The molecule has 1 aromatic carbocycles. The lowest BCUT2D eigenvalue weighted by atomic mass is 9.94. The lowest BCUT2D eigenvalue weighted by molar-refractivity contribution is -0.139. The van der Waals surface area contributed by atoms with Crippen LogP contribution in [0.3, 0.4) is 0 Å². The van der Waals surface area contributed by atoms with Crippen molar-refractivity contribution >= 4 is 29.5 Å². The van der Waals surface area contributed by atoms with Gasteiger partial charge in [-0.25, -0.2) is 9.59 Å². The zero-order valence-electron chi connectivity index (χ0n) is 20.1. The van der Waals surface area contributed by atoms with Gasteiger partial charge >= 0.3 is 12.0 Å². The van der Waals surface area contributed by atoms with E-state index in [0.29, 0.717) is 54.6 Å². The van der Waals surface area contributed by atoms with E-state index in [2.05, 4.69) is 16.8 Å². The molecule has 1 fully saturated rings. The van der Waals surface area contributed by atoms with Crippen molar-refractivity contribution in [3.63, 3.8) is 0 Å². The van der Waals surface area contributed by atoms with Gasteiger partial charge in [-0.3, -0.25) is 14.6 Å². The lowest BCUT2D eigenvalue weighted by Crippen LogP contribution is -2.54. The number of hydrogen-bond donors (Lipinski definition) is 1. The first-order valence-corrected chi connectivity index (χ1v) is 12.0. The Hall–Kier alpha value is -2.84. The van der Waals surface area contributed by atoms with E-state index >= 15 is 0 Å². The Bertz CT molecular complexity index is 969. The van der Waals surface area contributed by atoms with E-state index in [1.807, 2.05) is 24.8 Å². The Balaban J connectivity index is 1.98. The Morgan fingerprint density at radius 3 is 2.56 bits per heavy atom. The predicted molar refractivity (Wildman–Crippen MR) is 131 cm³/mol. The molecule has 3 amide bonds. The molecule has 0 aromatic heterocycles. The highest BCUT2D eigenvalue weighted by Crippen LogP contribution is 2.33. The van der Waals surface area contributed by atoms with E-state index in [0.717, 1.165) is 0 Å². The number of amides is 3. The number of hydrogen-bond acceptors (Lipinski definition) is 5. The SMILES string of the molecule is C=CCN1C(=O)NC(c2cccc(Cl)c2)C(C(=O)OCC)=C1CN1CCN(C(=O)C(C)C)CC1. The number of benzene rings is 1. The smallest absolute Gasteiger partial charge is 0.338 e.